The Morgan fingerprint density at radius 1 is 1.42 bits per heavy atom. The molecule has 0 atom stereocenters. The Labute approximate surface area is 122 Å². The molecule has 0 aromatic carbocycles. The highest BCUT2D eigenvalue weighted by Gasteiger charge is 2.07. The minimum absolute atomic E-state index is 0.663. The lowest BCUT2D eigenvalue weighted by molar-refractivity contribution is 1.04. The number of aryl methyl sites for hydroxylation is 1. The smallest absolute Gasteiger partial charge is 0.180 e. The SMILES string of the molecule is CCc1cnc(CNc2nc(Br)cn3ccnc23)s1. The van der Waals surface area contributed by atoms with Crippen molar-refractivity contribution in [1.29, 1.82) is 0 Å². The van der Waals surface area contributed by atoms with E-state index in [9.17, 15) is 0 Å². The molecule has 0 fully saturated rings. The van der Waals surface area contributed by atoms with Crippen molar-refractivity contribution in [2.45, 2.75) is 19.9 Å². The first kappa shape index (κ1) is 12.6. The minimum Gasteiger partial charge on any atom is -0.360 e. The van der Waals surface area contributed by atoms with Gasteiger partial charge in [0.05, 0.1) is 6.54 Å². The maximum atomic E-state index is 4.41. The normalized spacial score (nSPS) is 11.1. The number of imidazole rings is 1. The molecular weight excluding hydrogens is 326 g/mol. The van der Waals surface area contributed by atoms with Crippen LogP contribution in [0.25, 0.3) is 5.65 Å². The Kier molecular flexibility index (Phi) is 3.48. The van der Waals surface area contributed by atoms with Gasteiger partial charge in [0.1, 0.15) is 9.61 Å². The molecule has 0 unspecified atom stereocenters. The van der Waals surface area contributed by atoms with Crippen LogP contribution >= 0.6 is 27.3 Å². The van der Waals surface area contributed by atoms with Crippen LogP contribution in [0, 0.1) is 0 Å². The summed E-state index contributed by atoms with van der Waals surface area (Å²) in [6.45, 7) is 2.80. The van der Waals surface area contributed by atoms with Crippen LogP contribution in [-0.4, -0.2) is 19.4 Å². The molecule has 0 aliphatic heterocycles. The number of anilines is 1. The second kappa shape index (κ2) is 5.26. The lowest BCUT2D eigenvalue weighted by Crippen LogP contribution is -2.03. The predicted octanol–water partition coefficient (Wildman–Crippen LogP) is 3.12. The van der Waals surface area contributed by atoms with Gasteiger partial charge in [0.15, 0.2) is 11.5 Å². The largest absolute Gasteiger partial charge is 0.360 e. The third-order valence-corrected chi connectivity index (χ3v) is 4.23. The zero-order chi connectivity index (χ0) is 13.2. The molecule has 3 heterocycles. The summed E-state index contributed by atoms with van der Waals surface area (Å²) in [6, 6.07) is 0. The van der Waals surface area contributed by atoms with E-state index in [1.807, 2.05) is 23.0 Å². The van der Waals surface area contributed by atoms with Crippen molar-refractivity contribution >= 4 is 38.7 Å². The first-order chi connectivity index (χ1) is 9.26. The first-order valence-electron chi connectivity index (χ1n) is 5.93. The molecular formula is C12H12BrN5S. The maximum absolute atomic E-state index is 4.41. The Morgan fingerprint density at radius 3 is 3.11 bits per heavy atom. The number of hydrogen-bond acceptors (Lipinski definition) is 5. The van der Waals surface area contributed by atoms with Gasteiger partial charge in [-0.25, -0.2) is 15.0 Å². The third-order valence-electron chi connectivity index (χ3n) is 2.70. The number of aromatic nitrogens is 4. The number of thiazole rings is 1. The second-order valence-corrected chi connectivity index (χ2v) is 6.01. The molecule has 5 nitrogen and oxygen atoms in total. The molecule has 0 saturated heterocycles. The number of nitrogens with one attached hydrogen (secondary N) is 1. The van der Waals surface area contributed by atoms with Gasteiger partial charge in [-0.3, -0.25) is 0 Å². The van der Waals surface area contributed by atoms with Gasteiger partial charge >= 0.3 is 0 Å². The Bertz CT molecular complexity index is 705. The Balaban J connectivity index is 1.83. The van der Waals surface area contributed by atoms with E-state index >= 15 is 0 Å². The molecule has 98 valence electrons. The van der Waals surface area contributed by atoms with Crippen LogP contribution < -0.4 is 5.32 Å². The zero-order valence-electron chi connectivity index (χ0n) is 10.3. The summed E-state index contributed by atoms with van der Waals surface area (Å²) in [5.41, 5.74) is 0.815. The van der Waals surface area contributed by atoms with Gasteiger partial charge in [0.2, 0.25) is 0 Å². The van der Waals surface area contributed by atoms with Crippen molar-refractivity contribution in [3.05, 3.63) is 39.3 Å². The van der Waals surface area contributed by atoms with E-state index in [1.54, 1.807) is 17.5 Å². The van der Waals surface area contributed by atoms with E-state index in [-0.39, 0.29) is 0 Å². The molecule has 19 heavy (non-hydrogen) atoms. The average Bonchev–Trinajstić information content (AvgIpc) is 3.03. The molecule has 0 radical (unpaired) electrons. The van der Waals surface area contributed by atoms with Gasteiger partial charge in [0.25, 0.3) is 0 Å². The summed E-state index contributed by atoms with van der Waals surface area (Å²) in [7, 11) is 0. The lowest BCUT2D eigenvalue weighted by Gasteiger charge is -2.05. The molecule has 0 spiro atoms. The van der Waals surface area contributed by atoms with Gasteiger partial charge in [-0.05, 0) is 22.4 Å². The second-order valence-electron chi connectivity index (χ2n) is 4.00. The van der Waals surface area contributed by atoms with Crippen molar-refractivity contribution in [3.8, 4) is 0 Å². The average molecular weight is 338 g/mol. The van der Waals surface area contributed by atoms with Gasteiger partial charge in [-0.1, -0.05) is 6.92 Å². The van der Waals surface area contributed by atoms with E-state index in [2.05, 4.69) is 43.1 Å². The minimum atomic E-state index is 0.663. The fourth-order valence-corrected chi connectivity index (χ4v) is 2.97. The van der Waals surface area contributed by atoms with Gasteiger partial charge in [-0.2, -0.15) is 0 Å². The number of nitrogens with zero attached hydrogens (tertiary/aromatic N) is 4. The topological polar surface area (TPSA) is 55.1 Å². The molecule has 0 amide bonds. The molecule has 3 aromatic rings. The predicted molar refractivity (Wildman–Crippen MR) is 79.5 cm³/mol. The Morgan fingerprint density at radius 2 is 2.32 bits per heavy atom. The fraction of sp³-hybridized carbons (Fsp3) is 0.250. The van der Waals surface area contributed by atoms with E-state index in [0.29, 0.717) is 6.54 Å². The van der Waals surface area contributed by atoms with E-state index in [0.717, 1.165) is 27.5 Å². The van der Waals surface area contributed by atoms with E-state index in [1.165, 1.54) is 4.88 Å². The van der Waals surface area contributed by atoms with Crippen LogP contribution in [0.3, 0.4) is 0 Å². The van der Waals surface area contributed by atoms with Crippen molar-refractivity contribution in [2.24, 2.45) is 0 Å². The standard InChI is InChI=1S/C12H12BrN5S/c1-2-8-5-15-10(19-8)6-16-11-12-14-3-4-18(12)7-9(13)17-11/h3-5,7H,2,6H2,1H3,(H,16,17). The molecule has 0 bridgehead atoms. The first-order valence-corrected chi connectivity index (χ1v) is 7.54. The summed E-state index contributed by atoms with van der Waals surface area (Å²) < 4.78 is 2.70. The maximum Gasteiger partial charge on any atom is 0.180 e. The highest BCUT2D eigenvalue weighted by molar-refractivity contribution is 9.10. The molecule has 1 N–H and O–H groups in total. The Hall–Kier alpha value is -1.47. The molecule has 0 saturated carbocycles. The number of fused-ring (bicyclic) bond motifs is 1. The van der Waals surface area contributed by atoms with Crippen LogP contribution in [-0.2, 0) is 13.0 Å². The summed E-state index contributed by atoms with van der Waals surface area (Å²) in [5.74, 6) is 0.757. The third kappa shape index (κ3) is 2.62. The molecule has 0 aliphatic carbocycles. The van der Waals surface area contributed by atoms with Gasteiger partial charge < -0.3 is 9.72 Å². The summed E-state index contributed by atoms with van der Waals surface area (Å²) >= 11 is 5.12. The monoisotopic (exact) mass is 337 g/mol. The van der Waals surface area contributed by atoms with E-state index < -0.39 is 0 Å². The van der Waals surface area contributed by atoms with E-state index in [4.69, 9.17) is 0 Å². The summed E-state index contributed by atoms with van der Waals surface area (Å²) in [5, 5.41) is 4.35. The number of halogens is 1. The lowest BCUT2D eigenvalue weighted by atomic mass is 10.4. The van der Waals surface area contributed by atoms with Gasteiger partial charge in [-0.15, -0.1) is 11.3 Å². The van der Waals surface area contributed by atoms with Crippen LogP contribution in [0.15, 0.2) is 29.4 Å². The van der Waals surface area contributed by atoms with Crippen LogP contribution in [0.1, 0.15) is 16.8 Å². The van der Waals surface area contributed by atoms with Crippen molar-refractivity contribution in [3.63, 3.8) is 0 Å². The highest BCUT2D eigenvalue weighted by Crippen LogP contribution is 2.19. The van der Waals surface area contributed by atoms with Crippen molar-refractivity contribution in [1.82, 2.24) is 19.4 Å². The van der Waals surface area contributed by atoms with Crippen molar-refractivity contribution < 1.29 is 0 Å². The quantitative estimate of drug-likeness (QED) is 0.794. The number of rotatable bonds is 4. The molecule has 0 aliphatic rings. The summed E-state index contributed by atoms with van der Waals surface area (Å²) in [4.78, 5) is 14.4. The van der Waals surface area contributed by atoms with Crippen LogP contribution in [0.4, 0.5) is 5.82 Å². The zero-order valence-corrected chi connectivity index (χ0v) is 12.7. The van der Waals surface area contributed by atoms with Crippen molar-refractivity contribution in [2.75, 3.05) is 5.32 Å². The molecule has 3 aromatic heterocycles. The number of hydrogen-bond donors (Lipinski definition) is 1. The van der Waals surface area contributed by atoms with Crippen LogP contribution in [0.2, 0.25) is 0 Å². The molecule has 3 rings (SSSR count). The highest BCUT2D eigenvalue weighted by atomic mass is 79.9. The van der Waals surface area contributed by atoms with Gasteiger partial charge in [0, 0.05) is 29.7 Å². The fourth-order valence-electron chi connectivity index (χ4n) is 1.77. The molecule has 7 heteroatoms. The summed E-state index contributed by atoms with van der Waals surface area (Å²) in [6.07, 6.45) is 8.49. The van der Waals surface area contributed by atoms with Crippen LogP contribution in [0.5, 0.6) is 0 Å².